The maximum absolute atomic E-state index is 13.8. The van der Waals surface area contributed by atoms with Gasteiger partial charge in [0, 0.05) is 12.1 Å². The van der Waals surface area contributed by atoms with Crippen molar-refractivity contribution in [1.82, 2.24) is 0 Å². The fourth-order valence-corrected chi connectivity index (χ4v) is 2.94. The van der Waals surface area contributed by atoms with Crippen molar-refractivity contribution in [2.45, 2.75) is 44.4 Å². The van der Waals surface area contributed by atoms with Gasteiger partial charge in [-0.05, 0) is 35.1 Å². The van der Waals surface area contributed by atoms with Crippen LogP contribution in [-0.2, 0) is 10.1 Å². The minimum atomic E-state index is -5.25. The van der Waals surface area contributed by atoms with Crippen LogP contribution >= 0.6 is 0 Å². The van der Waals surface area contributed by atoms with Crippen molar-refractivity contribution in [1.29, 1.82) is 0 Å². The van der Waals surface area contributed by atoms with Crippen LogP contribution in [0.15, 0.2) is 35.2 Å². The number of hydrogen-bond acceptors (Lipinski definition) is 4. The van der Waals surface area contributed by atoms with Crippen LogP contribution in [0, 0.1) is 11.6 Å². The molecule has 0 bridgehead atoms. The molecule has 25 heavy (non-hydrogen) atoms. The van der Waals surface area contributed by atoms with E-state index < -0.39 is 26.6 Å². The van der Waals surface area contributed by atoms with Crippen molar-refractivity contribution in [3.05, 3.63) is 53.1 Å². The van der Waals surface area contributed by atoms with Crippen molar-refractivity contribution >= 4 is 10.1 Å². The third-order valence-electron chi connectivity index (χ3n) is 3.74. The zero-order valence-electron chi connectivity index (χ0n) is 14.3. The Morgan fingerprint density at radius 1 is 0.840 bits per heavy atom. The van der Waals surface area contributed by atoms with Gasteiger partial charge in [0.2, 0.25) is 0 Å². The summed E-state index contributed by atoms with van der Waals surface area (Å²) in [4.78, 5) is -1.50. The molecule has 0 saturated heterocycles. The van der Waals surface area contributed by atoms with E-state index in [9.17, 15) is 21.8 Å². The Hall–Kier alpha value is -1.99. The molecule has 0 fully saturated rings. The molecule has 0 atom stereocenters. The third kappa shape index (κ3) is 4.55. The van der Waals surface area contributed by atoms with Crippen LogP contribution in [0.2, 0.25) is 0 Å². The quantitative estimate of drug-likeness (QED) is 0.703. The Labute approximate surface area is 146 Å². The first-order valence-electron chi connectivity index (χ1n) is 7.76. The summed E-state index contributed by atoms with van der Waals surface area (Å²) in [5, 5.41) is 0. The van der Waals surface area contributed by atoms with Crippen molar-refractivity contribution < 1.29 is 26.5 Å². The number of hydrogen-bond donors (Lipinski definition) is 0. The molecule has 4 nitrogen and oxygen atoms in total. The monoisotopic (exact) mass is 369 g/mol. The minimum Gasteiger partial charge on any atom is -0.744 e. The Bertz CT molecular complexity index is 841. The molecular formula is C18H19F2O4S-. The van der Waals surface area contributed by atoms with Gasteiger partial charge in [0.15, 0.2) is 0 Å². The van der Waals surface area contributed by atoms with E-state index >= 15 is 0 Å². The highest BCUT2D eigenvalue weighted by Crippen LogP contribution is 2.32. The van der Waals surface area contributed by atoms with Crippen molar-refractivity contribution in [2.24, 2.45) is 0 Å². The van der Waals surface area contributed by atoms with Gasteiger partial charge < -0.3 is 9.29 Å². The number of halogens is 2. The first-order chi connectivity index (χ1) is 11.5. The van der Waals surface area contributed by atoms with Crippen LogP contribution in [-0.4, -0.2) is 13.0 Å². The molecule has 0 unspecified atom stereocenters. The maximum Gasteiger partial charge on any atom is 0.147 e. The summed E-state index contributed by atoms with van der Waals surface area (Å²) in [5.74, 6) is -2.35. The van der Waals surface area contributed by atoms with E-state index in [4.69, 9.17) is 4.74 Å². The highest BCUT2D eigenvalue weighted by Gasteiger charge is 2.18. The van der Waals surface area contributed by atoms with Gasteiger partial charge in [-0.2, -0.15) is 0 Å². The Kier molecular flexibility index (Phi) is 5.49. The molecule has 0 N–H and O–H groups in total. The lowest BCUT2D eigenvalue weighted by Gasteiger charge is -2.16. The van der Waals surface area contributed by atoms with Gasteiger partial charge in [0.25, 0.3) is 0 Å². The third-order valence-corrected chi connectivity index (χ3v) is 4.63. The molecule has 0 amide bonds. The average Bonchev–Trinajstić information content (AvgIpc) is 2.44. The van der Waals surface area contributed by atoms with E-state index in [1.807, 2.05) is 33.8 Å². The summed E-state index contributed by atoms with van der Waals surface area (Å²) in [6.07, 6.45) is 0. The van der Waals surface area contributed by atoms with Gasteiger partial charge >= 0.3 is 0 Å². The zero-order valence-corrected chi connectivity index (χ0v) is 15.2. The topological polar surface area (TPSA) is 66.4 Å². The molecule has 0 aliphatic carbocycles. The lowest BCUT2D eigenvalue weighted by atomic mass is 9.95. The summed E-state index contributed by atoms with van der Waals surface area (Å²) in [5.41, 5.74) is 2.00. The Morgan fingerprint density at radius 3 is 1.60 bits per heavy atom. The van der Waals surface area contributed by atoms with Gasteiger partial charge in [-0.15, -0.1) is 0 Å². The molecular weight excluding hydrogens is 350 g/mol. The normalized spacial score (nSPS) is 12.0. The molecule has 2 aromatic carbocycles. The lowest BCUT2D eigenvalue weighted by Crippen LogP contribution is -2.06. The van der Waals surface area contributed by atoms with Gasteiger partial charge in [0.1, 0.15) is 38.1 Å². The molecule has 2 rings (SSSR count). The second-order valence-electron chi connectivity index (χ2n) is 6.42. The van der Waals surface area contributed by atoms with Crippen LogP contribution in [0.25, 0.3) is 0 Å². The van der Waals surface area contributed by atoms with Crippen LogP contribution in [0.5, 0.6) is 11.5 Å². The van der Waals surface area contributed by atoms with E-state index in [2.05, 4.69) is 0 Å². The summed E-state index contributed by atoms with van der Waals surface area (Å²) < 4.78 is 65.9. The first kappa shape index (κ1) is 19.3. The standard InChI is InChI=1S/C18H20F2O4S/c1-10(2)12-5-13(11(3)4)7-14(6-12)24-15-8-16(19)18(17(20)9-15)25(21,22)23/h5-11H,1-4H3,(H,21,22,23)/p-1. The number of benzene rings is 2. The van der Waals surface area contributed by atoms with E-state index in [0.29, 0.717) is 17.9 Å². The molecule has 0 saturated carbocycles. The van der Waals surface area contributed by atoms with Crippen molar-refractivity contribution in [2.75, 3.05) is 0 Å². The van der Waals surface area contributed by atoms with E-state index in [-0.39, 0.29) is 17.6 Å². The predicted octanol–water partition coefficient (Wildman–Crippen LogP) is 4.91. The molecule has 2 aromatic rings. The molecule has 0 radical (unpaired) electrons. The van der Waals surface area contributed by atoms with E-state index in [1.54, 1.807) is 12.1 Å². The van der Waals surface area contributed by atoms with Crippen LogP contribution in [0.1, 0.15) is 50.7 Å². The van der Waals surface area contributed by atoms with Gasteiger partial charge in [-0.25, -0.2) is 17.2 Å². The van der Waals surface area contributed by atoms with E-state index in [0.717, 1.165) is 11.1 Å². The lowest BCUT2D eigenvalue weighted by molar-refractivity contribution is 0.431. The van der Waals surface area contributed by atoms with Crippen LogP contribution in [0.3, 0.4) is 0 Å². The number of rotatable bonds is 5. The molecule has 0 aromatic heterocycles. The number of ether oxygens (including phenoxy) is 1. The van der Waals surface area contributed by atoms with Crippen LogP contribution in [0.4, 0.5) is 8.78 Å². The SMILES string of the molecule is CC(C)c1cc(Oc2cc(F)c(S(=O)(=O)[O-])c(F)c2)cc(C(C)C)c1. The summed E-state index contributed by atoms with van der Waals surface area (Å²) in [6, 6.07) is 6.92. The van der Waals surface area contributed by atoms with Crippen molar-refractivity contribution in [3.63, 3.8) is 0 Å². The summed E-state index contributed by atoms with van der Waals surface area (Å²) >= 11 is 0. The molecule has 7 heteroatoms. The zero-order chi connectivity index (χ0) is 18.9. The molecule has 0 aliphatic rings. The fourth-order valence-electron chi connectivity index (χ4n) is 2.34. The van der Waals surface area contributed by atoms with Gasteiger partial charge in [-0.1, -0.05) is 33.8 Å². The van der Waals surface area contributed by atoms with Gasteiger partial charge in [0.05, 0.1) is 0 Å². The Balaban J connectivity index is 2.46. The average molecular weight is 369 g/mol. The highest BCUT2D eigenvalue weighted by molar-refractivity contribution is 7.85. The summed E-state index contributed by atoms with van der Waals surface area (Å²) in [7, 11) is -5.25. The predicted molar refractivity (Wildman–Crippen MR) is 89.0 cm³/mol. The summed E-state index contributed by atoms with van der Waals surface area (Å²) in [6.45, 7) is 8.04. The maximum atomic E-state index is 13.8. The first-order valence-corrected chi connectivity index (χ1v) is 9.17. The second-order valence-corrected chi connectivity index (χ2v) is 7.73. The van der Waals surface area contributed by atoms with E-state index in [1.165, 1.54) is 0 Å². The molecule has 136 valence electrons. The smallest absolute Gasteiger partial charge is 0.147 e. The fraction of sp³-hybridized carbons (Fsp3) is 0.333. The molecule has 0 spiro atoms. The molecule has 0 aliphatic heterocycles. The van der Waals surface area contributed by atoms with Crippen molar-refractivity contribution in [3.8, 4) is 11.5 Å². The minimum absolute atomic E-state index is 0.224. The van der Waals surface area contributed by atoms with Gasteiger partial charge in [-0.3, -0.25) is 0 Å². The van der Waals surface area contributed by atoms with Crippen LogP contribution < -0.4 is 4.74 Å². The Morgan fingerprint density at radius 2 is 1.24 bits per heavy atom. The molecule has 0 heterocycles. The highest BCUT2D eigenvalue weighted by atomic mass is 32.2. The largest absolute Gasteiger partial charge is 0.744 e. The second kappa shape index (κ2) is 7.09.